The van der Waals surface area contributed by atoms with Crippen molar-refractivity contribution in [1.82, 2.24) is 15.0 Å². The van der Waals surface area contributed by atoms with Crippen LogP contribution >= 0.6 is 11.6 Å². The van der Waals surface area contributed by atoms with Crippen molar-refractivity contribution in [2.75, 3.05) is 41.9 Å². The molecule has 1 aliphatic heterocycles. The number of nitrogens with zero attached hydrogens (tertiary/aromatic N) is 5. The number of carboxylic acid groups (broad SMARTS) is 1. The van der Waals surface area contributed by atoms with E-state index in [0.29, 0.717) is 55.0 Å². The molecular weight excluding hydrogens is 517 g/mol. The first-order valence-electron chi connectivity index (χ1n) is 11.5. The molecule has 11 nitrogen and oxygen atoms in total. The minimum atomic E-state index is -1.13. The number of hydrazone groups is 1. The van der Waals surface area contributed by atoms with Gasteiger partial charge in [-0.1, -0.05) is 11.6 Å². The van der Waals surface area contributed by atoms with E-state index in [0.717, 1.165) is 0 Å². The van der Waals surface area contributed by atoms with Crippen molar-refractivity contribution in [2.24, 2.45) is 5.10 Å². The molecule has 0 saturated carbocycles. The van der Waals surface area contributed by atoms with Crippen molar-refractivity contribution in [3.05, 3.63) is 76.8 Å². The maximum absolute atomic E-state index is 13.3. The highest BCUT2D eigenvalue weighted by atomic mass is 35.5. The summed E-state index contributed by atoms with van der Waals surface area (Å²) in [5.74, 6) is 0.245. The highest BCUT2D eigenvalue weighted by molar-refractivity contribution is 6.33. The molecule has 1 fully saturated rings. The monoisotopic (exact) mass is 537 g/mol. The smallest absolute Gasteiger partial charge is 0.337 e. The number of hydrogen-bond acceptors (Lipinski definition) is 10. The lowest BCUT2D eigenvalue weighted by molar-refractivity contribution is 0.0697. The average Bonchev–Trinajstić information content (AvgIpc) is 3.39. The second-order valence-corrected chi connectivity index (χ2v) is 8.49. The third-order valence-corrected chi connectivity index (χ3v) is 5.81. The van der Waals surface area contributed by atoms with Gasteiger partial charge in [0.15, 0.2) is 0 Å². The molecule has 0 atom stereocenters. The molecule has 13 heteroatoms. The molecule has 2 aromatic carbocycles. The van der Waals surface area contributed by atoms with Gasteiger partial charge in [-0.2, -0.15) is 20.1 Å². The minimum Gasteiger partial charge on any atom is -0.478 e. The summed E-state index contributed by atoms with van der Waals surface area (Å²) in [4.78, 5) is 26.6. The lowest BCUT2D eigenvalue weighted by atomic mass is 10.1. The first-order valence-corrected chi connectivity index (χ1v) is 11.9. The van der Waals surface area contributed by atoms with Crippen molar-refractivity contribution >= 4 is 47.3 Å². The number of halogens is 2. The lowest BCUT2D eigenvalue weighted by Gasteiger charge is -2.27. The van der Waals surface area contributed by atoms with Crippen molar-refractivity contribution in [2.45, 2.75) is 0 Å². The van der Waals surface area contributed by atoms with E-state index in [1.807, 2.05) is 4.90 Å². The zero-order valence-electron chi connectivity index (χ0n) is 19.8. The number of morpholine rings is 1. The van der Waals surface area contributed by atoms with Gasteiger partial charge in [-0.05, 0) is 54.6 Å². The van der Waals surface area contributed by atoms with Crippen LogP contribution in [-0.2, 0) is 4.74 Å². The van der Waals surface area contributed by atoms with Crippen LogP contribution in [0.25, 0.3) is 11.3 Å². The molecule has 3 heterocycles. The van der Waals surface area contributed by atoms with Gasteiger partial charge in [-0.25, -0.2) is 14.6 Å². The number of aromatic nitrogens is 3. The number of anilines is 4. The first kappa shape index (κ1) is 25.1. The van der Waals surface area contributed by atoms with Gasteiger partial charge in [0.1, 0.15) is 17.3 Å². The topological polar surface area (TPSA) is 138 Å². The van der Waals surface area contributed by atoms with Crippen LogP contribution in [0.2, 0.25) is 5.02 Å². The van der Waals surface area contributed by atoms with Crippen LogP contribution in [0.15, 0.2) is 64.1 Å². The van der Waals surface area contributed by atoms with E-state index >= 15 is 0 Å². The quantitative estimate of drug-likeness (QED) is 0.215. The molecule has 38 heavy (non-hydrogen) atoms. The molecule has 1 aliphatic rings. The predicted molar refractivity (Wildman–Crippen MR) is 140 cm³/mol. The van der Waals surface area contributed by atoms with Crippen LogP contribution in [0.3, 0.4) is 0 Å². The maximum Gasteiger partial charge on any atom is 0.337 e. The van der Waals surface area contributed by atoms with E-state index in [-0.39, 0.29) is 28.3 Å². The van der Waals surface area contributed by atoms with Crippen molar-refractivity contribution in [3.63, 3.8) is 0 Å². The third kappa shape index (κ3) is 6.05. The van der Waals surface area contributed by atoms with Gasteiger partial charge in [0, 0.05) is 24.3 Å². The standard InChI is InChI=1S/C25H21ClFN7O4/c26-20-7-1-15(13-19(20)22(35)36)21-8-6-18(38-21)14-28-33-24-30-23(29-17-4-2-16(27)3-5-17)31-25(32-24)34-9-11-37-12-10-34/h1-8,13-14H,9-12H2,(H,35,36)(H2,29,30,31,32,33)/b28-14-. The fourth-order valence-corrected chi connectivity index (χ4v) is 3.81. The number of carboxylic acids is 1. The zero-order chi connectivity index (χ0) is 26.5. The van der Waals surface area contributed by atoms with Crippen molar-refractivity contribution in [3.8, 4) is 11.3 Å². The lowest BCUT2D eigenvalue weighted by Crippen LogP contribution is -2.37. The van der Waals surface area contributed by atoms with Gasteiger partial charge < -0.3 is 24.5 Å². The fourth-order valence-electron chi connectivity index (χ4n) is 3.61. The molecule has 2 aromatic heterocycles. The largest absolute Gasteiger partial charge is 0.478 e. The predicted octanol–water partition coefficient (Wildman–Crippen LogP) is 4.65. The SMILES string of the molecule is O=C(O)c1cc(-c2ccc(/C=N\Nc3nc(Nc4ccc(F)cc4)nc(N4CCOCC4)n3)o2)ccc1Cl. The first-order chi connectivity index (χ1) is 18.4. The van der Waals surface area contributed by atoms with Crippen LogP contribution < -0.4 is 15.6 Å². The molecule has 0 bridgehead atoms. The highest BCUT2D eigenvalue weighted by Crippen LogP contribution is 2.27. The minimum absolute atomic E-state index is 0.0200. The average molecular weight is 538 g/mol. The number of aromatic carboxylic acids is 1. The Kier molecular flexibility index (Phi) is 7.43. The molecule has 4 aromatic rings. The Bertz CT molecular complexity index is 1470. The van der Waals surface area contributed by atoms with Gasteiger partial charge >= 0.3 is 5.97 Å². The van der Waals surface area contributed by atoms with Crippen LogP contribution in [0.4, 0.5) is 27.9 Å². The van der Waals surface area contributed by atoms with Gasteiger partial charge in [-0.15, -0.1) is 0 Å². The third-order valence-electron chi connectivity index (χ3n) is 5.48. The Morgan fingerprint density at radius 1 is 1.05 bits per heavy atom. The van der Waals surface area contributed by atoms with Gasteiger partial charge in [0.05, 0.1) is 30.0 Å². The molecule has 0 unspecified atom stereocenters. The molecule has 0 spiro atoms. The number of rotatable bonds is 8. The van der Waals surface area contributed by atoms with E-state index in [4.69, 9.17) is 20.8 Å². The Hall–Kier alpha value is -4.55. The van der Waals surface area contributed by atoms with E-state index in [1.54, 1.807) is 30.3 Å². The summed E-state index contributed by atoms with van der Waals surface area (Å²) in [6, 6.07) is 13.8. The van der Waals surface area contributed by atoms with Gasteiger partial charge in [0.25, 0.3) is 0 Å². The fraction of sp³-hybridized carbons (Fsp3) is 0.160. The summed E-state index contributed by atoms with van der Waals surface area (Å²) in [7, 11) is 0. The normalized spacial score (nSPS) is 13.6. The molecule has 0 radical (unpaired) electrons. The molecule has 1 saturated heterocycles. The maximum atomic E-state index is 13.3. The Labute approximate surface area is 221 Å². The Balaban J connectivity index is 1.34. The van der Waals surface area contributed by atoms with E-state index in [2.05, 4.69) is 30.8 Å². The summed E-state index contributed by atoms with van der Waals surface area (Å²) in [6.45, 7) is 2.34. The van der Waals surface area contributed by atoms with Crippen molar-refractivity contribution in [1.29, 1.82) is 0 Å². The molecular formula is C25H21ClFN7O4. The number of hydrogen-bond donors (Lipinski definition) is 3. The molecule has 0 amide bonds. The molecule has 194 valence electrons. The van der Waals surface area contributed by atoms with Crippen molar-refractivity contribution < 1.29 is 23.4 Å². The Morgan fingerprint density at radius 2 is 1.82 bits per heavy atom. The number of nitrogens with one attached hydrogen (secondary N) is 2. The highest BCUT2D eigenvalue weighted by Gasteiger charge is 2.17. The molecule has 0 aliphatic carbocycles. The summed E-state index contributed by atoms with van der Waals surface area (Å²) in [5.41, 5.74) is 3.93. The number of benzene rings is 2. The van der Waals surface area contributed by atoms with E-state index < -0.39 is 5.97 Å². The molecule has 5 rings (SSSR count). The van der Waals surface area contributed by atoms with E-state index in [1.165, 1.54) is 30.5 Å². The number of furan rings is 1. The summed E-state index contributed by atoms with van der Waals surface area (Å²) >= 11 is 5.95. The number of ether oxygens (including phenoxy) is 1. The second kappa shape index (κ2) is 11.2. The van der Waals surface area contributed by atoms with Crippen LogP contribution in [0, 0.1) is 5.82 Å². The molecule has 3 N–H and O–H groups in total. The zero-order valence-corrected chi connectivity index (χ0v) is 20.5. The summed E-state index contributed by atoms with van der Waals surface area (Å²) < 4.78 is 24.5. The van der Waals surface area contributed by atoms with Crippen LogP contribution in [0.1, 0.15) is 16.1 Å². The number of carbonyl (C=O) groups is 1. The van der Waals surface area contributed by atoms with Crippen LogP contribution in [0.5, 0.6) is 0 Å². The van der Waals surface area contributed by atoms with Gasteiger partial charge in [-0.3, -0.25) is 0 Å². The van der Waals surface area contributed by atoms with E-state index in [9.17, 15) is 14.3 Å². The van der Waals surface area contributed by atoms with Crippen LogP contribution in [-0.4, -0.2) is 58.5 Å². The summed E-state index contributed by atoms with van der Waals surface area (Å²) in [6.07, 6.45) is 1.43. The second-order valence-electron chi connectivity index (χ2n) is 8.09. The summed E-state index contributed by atoms with van der Waals surface area (Å²) in [5, 5.41) is 16.6. The Morgan fingerprint density at radius 3 is 2.58 bits per heavy atom. The van der Waals surface area contributed by atoms with Gasteiger partial charge in [0.2, 0.25) is 17.8 Å².